The van der Waals surface area contributed by atoms with E-state index in [0.29, 0.717) is 12.0 Å². The number of hydrogen-bond donors (Lipinski definition) is 1. The minimum absolute atomic E-state index is 0.286. The fourth-order valence-electron chi connectivity index (χ4n) is 2.44. The van der Waals surface area contributed by atoms with Gasteiger partial charge < -0.3 is 10.1 Å². The van der Waals surface area contributed by atoms with E-state index in [0.717, 1.165) is 18.0 Å². The number of nitrogens with one attached hydrogen (secondary N) is 1. The van der Waals surface area contributed by atoms with Crippen molar-refractivity contribution in [3.05, 3.63) is 24.3 Å². The molecule has 1 heterocycles. The molecule has 0 aromatic heterocycles. The second-order valence-corrected chi connectivity index (χ2v) is 6.67. The predicted molar refractivity (Wildman–Crippen MR) is 83.1 cm³/mol. The second kappa shape index (κ2) is 7.20. The first-order valence-electron chi connectivity index (χ1n) is 7.32. The van der Waals surface area contributed by atoms with E-state index in [1.165, 1.54) is 17.7 Å². The third-order valence-corrected chi connectivity index (χ3v) is 4.50. The Labute approximate surface area is 121 Å². The molecule has 0 radical (unpaired) electrons. The van der Waals surface area contributed by atoms with E-state index < -0.39 is 0 Å². The van der Waals surface area contributed by atoms with Crippen LogP contribution >= 0.6 is 11.8 Å². The van der Waals surface area contributed by atoms with Gasteiger partial charge in [-0.3, -0.25) is 0 Å². The maximum atomic E-state index is 6.21. The van der Waals surface area contributed by atoms with Gasteiger partial charge in [-0.25, -0.2) is 0 Å². The van der Waals surface area contributed by atoms with Gasteiger partial charge in [0, 0.05) is 16.7 Å². The Kier molecular flexibility index (Phi) is 5.59. The van der Waals surface area contributed by atoms with Gasteiger partial charge in [0.2, 0.25) is 0 Å². The SMILES string of the molecule is CCCNC(CC(C)C)C1CSc2ccccc2O1. The number of ether oxygens (including phenoxy) is 1. The molecule has 2 atom stereocenters. The van der Waals surface area contributed by atoms with Gasteiger partial charge in [0.05, 0.1) is 0 Å². The molecule has 0 amide bonds. The molecule has 0 spiro atoms. The summed E-state index contributed by atoms with van der Waals surface area (Å²) in [6.07, 6.45) is 2.63. The first-order valence-corrected chi connectivity index (χ1v) is 8.31. The minimum atomic E-state index is 0.286. The highest BCUT2D eigenvalue weighted by Crippen LogP contribution is 2.36. The number of hydrogen-bond acceptors (Lipinski definition) is 3. The zero-order valence-electron chi connectivity index (χ0n) is 12.2. The van der Waals surface area contributed by atoms with E-state index in [9.17, 15) is 0 Å². The summed E-state index contributed by atoms with van der Waals surface area (Å²) in [6.45, 7) is 7.85. The van der Waals surface area contributed by atoms with E-state index in [-0.39, 0.29) is 6.10 Å². The van der Waals surface area contributed by atoms with Crippen molar-refractivity contribution in [2.75, 3.05) is 12.3 Å². The van der Waals surface area contributed by atoms with E-state index in [1.807, 2.05) is 11.8 Å². The van der Waals surface area contributed by atoms with Crippen LogP contribution in [0.2, 0.25) is 0 Å². The highest BCUT2D eigenvalue weighted by Gasteiger charge is 2.28. The van der Waals surface area contributed by atoms with E-state index in [4.69, 9.17) is 4.74 Å². The fraction of sp³-hybridized carbons (Fsp3) is 0.625. The molecule has 2 nitrogen and oxygen atoms in total. The van der Waals surface area contributed by atoms with Crippen molar-refractivity contribution in [3.63, 3.8) is 0 Å². The zero-order valence-corrected chi connectivity index (χ0v) is 13.0. The summed E-state index contributed by atoms with van der Waals surface area (Å²) in [6, 6.07) is 8.82. The Balaban J connectivity index is 2.02. The van der Waals surface area contributed by atoms with Crippen molar-refractivity contribution in [3.8, 4) is 5.75 Å². The lowest BCUT2D eigenvalue weighted by Crippen LogP contribution is -2.46. The van der Waals surface area contributed by atoms with Gasteiger partial charge in [-0.2, -0.15) is 0 Å². The fourth-order valence-corrected chi connectivity index (χ4v) is 3.52. The molecule has 0 fully saturated rings. The third kappa shape index (κ3) is 4.15. The molecule has 1 aromatic rings. The number of rotatable bonds is 6. The van der Waals surface area contributed by atoms with Crippen LogP contribution in [0.15, 0.2) is 29.2 Å². The summed E-state index contributed by atoms with van der Waals surface area (Å²) in [7, 11) is 0. The van der Waals surface area contributed by atoms with Gasteiger partial charge in [-0.15, -0.1) is 11.8 Å². The highest BCUT2D eigenvalue weighted by molar-refractivity contribution is 7.99. The maximum absolute atomic E-state index is 6.21. The minimum Gasteiger partial charge on any atom is -0.487 e. The van der Waals surface area contributed by atoms with Gasteiger partial charge in [-0.1, -0.05) is 32.9 Å². The molecule has 2 rings (SSSR count). The molecule has 1 aliphatic heterocycles. The van der Waals surface area contributed by atoms with Gasteiger partial charge in [0.25, 0.3) is 0 Å². The van der Waals surface area contributed by atoms with Gasteiger partial charge in [0.1, 0.15) is 11.9 Å². The van der Waals surface area contributed by atoms with E-state index >= 15 is 0 Å². The normalized spacial score (nSPS) is 19.9. The lowest BCUT2D eigenvalue weighted by molar-refractivity contribution is 0.153. The largest absolute Gasteiger partial charge is 0.487 e. The summed E-state index contributed by atoms with van der Waals surface area (Å²) in [4.78, 5) is 1.28. The monoisotopic (exact) mass is 279 g/mol. The molecule has 0 saturated carbocycles. The van der Waals surface area contributed by atoms with Gasteiger partial charge >= 0.3 is 0 Å². The summed E-state index contributed by atoms with van der Waals surface area (Å²) in [5.74, 6) is 2.79. The molecule has 0 bridgehead atoms. The third-order valence-electron chi connectivity index (χ3n) is 3.36. The van der Waals surface area contributed by atoms with Gasteiger partial charge in [-0.05, 0) is 37.4 Å². The van der Waals surface area contributed by atoms with Crippen LogP contribution < -0.4 is 10.1 Å². The quantitative estimate of drug-likeness (QED) is 0.852. The topological polar surface area (TPSA) is 21.3 Å². The van der Waals surface area contributed by atoms with Crippen LogP contribution in [0.25, 0.3) is 0 Å². The Bertz CT molecular complexity index is 394. The predicted octanol–water partition coefficient (Wildman–Crippen LogP) is 3.95. The molecule has 1 aromatic carbocycles. The molecule has 0 aliphatic carbocycles. The molecule has 19 heavy (non-hydrogen) atoms. The smallest absolute Gasteiger partial charge is 0.133 e. The molecule has 1 aliphatic rings. The average molecular weight is 279 g/mol. The van der Waals surface area contributed by atoms with E-state index in [1.54, 1.807) is 0 Å². The molecule has 2 unspecified atom stereocenters. The summed E-state index contributed by atoms with van der Waals surface area (Å²) >= 11 is 1.92. The van der Waals surface area contributed by atoms with Crippen LogP contribution in [-0.4, -0.2) is 24.4 Å². The molecule has 3 heteroatoms. The zero-order chi connectivity index (χ0) is 13.7. The number of thioether (sulfide) groups is 1. The summed E-state index contributed by atoms with van der Waals surface area (Å²) < 4.78 is 6.21. The standard InChI is InChI=1S/C16H25NOS/c1-4-9-17-13(10-12(2)3)15-11-19-16-8-6-5-7-14(16)18-15/h5-8,12-13,15,17H,4,9-11H2,1-3H3. The number of benzene rings is 1. The van der Waals surface area contributed by atoms with Crippen LogP contribution in [0.4, 0.5) is 0 Å². The highest BCUT2D eigenvalue weighted by atomic mass is 32.2. The molecule has 106 valence electrons. The molecule has 1 N–H and O–H groups in total. The molecular formula is C16H25NOS. The Hall–Kier alpha value is -0.670. The van der Waals surface area contributed by atoms with Crippen LogP contribution in [0, 0.1) is 5.92 Å². The Morgan fingerprint density at radius 2 is 2.16 bits per heavy atom. The van der Waals surface area contributed by atoms with Crippen LogP contribution in [0.1, 0.15) is 33.6 Å². The lowest BCUT2D eigenvalue weighted by atomic mass is 9.99. The summed E-state index contributed by atoms with van der Waals surface area (Å²) in [5, 5.41) is 3.66. The maximum Gasteiger partial charge on any atom is 0.133 e. The van der Waals surface area contributed by atoms with Crippen LogP contribution in [0.3, 0.4) is 0 Å². The van der Waals surface area contributed by atoms with Crippen molar-refractivity contribution in [1.82, 2.24) is 5.32 Å². The second-order valence-electron chi connectivity index (χ2n) is 5.60. The molecular weight excluding hydrogens is 254 g/mol. The van der Waals surface area contributed by atoms with E-state index in [2.05, 4.69) is 50.4 Å². The first kappa shape index (κ1) is 14.7. The molecule has 0 saturated heterocycles. The van der Waals surface area contributed by atoms with Crippen molar-refractivity contribution >= 4 is 11.8 Å². The van der Waals surface area contributed by atoms with Crippen molar-refractivity contribution in [2.24, 2.45) is 5.92 Å². The van der Waals surface area contributed by atoms with Crippen molar-refractivity contribution < 1.29 is 4.74 Å². The Morgan fingerprint density at radius 1 is 1.37 bits per heavy atom. The van der Waals surface area contributed by atoms with Crippen LogP contribution in [0.5, 0.6) is 5.75 Å². The average Bonchev–Trinajstić information content (AvgIpc) is 2.42. The van der Waals surface area contributed by atoms with Crippen LogP contribution in [-0.2, 0) is 0 Å². The number of fused-ring (bicyclic) bond motifs is 1. The van der Waals surface area contributed by atoms with Crippen molar-refractivity contribution in [1.29, 1.82) is 0 Å². The van der Waals surface area contributed by atoms with Crippen molar-refractivity contribution in [2.45, 2.75) is 50.7 Å². The summed E-state index contributed by atoms with van der Waals surface area (Å²) in [5.41, 5.74) is 0. The first-order chi connectivity index (χ1) is 9.20. The lowest BCUT2D eigenvalue weighted by Gasteiger charge is -2.33. The Morgan fingerprint density at radius 3 is 2.89 bits per heavy atom. The number of para-hydroxylation sites is 1. The van der Waals surface area contributed by atoms with Gasteiger partial charge in [0.15, 0.2) is 0 Å².